The van der Waals surface area contributed by atoms with Crippen molar-refractivity contribution in [2.24, 2.45) is 5.92 Å². The lowest BCUT2D eigenvalue weighted by Gasteiger charge is -2.28. The molecule has 2 aliphatic rings. The Labute approximate surface area is 106 Å². The molecular weight excluding hydrogens is 212 g/mol. The van der Waals surface area contributed by atoms with Gasteiger partial charge in [-0.25, -0.2) is 0 Å². The summed E-state index contributed by atoms with van der Waals surface area (Å²) >= 11 is 0. The number of hydrogen-bond donors (Lipinski definition) is 1. The summed E-state index contributed by atoms with van der Waals surface area (Å²) in [7, 11) is 1.81. The molecule has 0 aromatic rings. The van der Waals surface area contributed by atoms with Crippen molar-refractivity contribution < 1.29 is 4.74 Å². The second kappa shape index (κ2) is 6.72. The van der Waals surface area contributed by atoms with E-state index in [9.17, 15) is 0 Å². The Kier molecular flexibility index (Phi) is 5.26. The predicted octanol–water partition coefficient (Wildman–Crippen LogP) is 1.88. The van der Waals surface area contributed by atoms with Gasteiger partial charge < -0.3 is 10.1 Å². The molecule has 0 radical (unpaired) electrons. The van der Waals surface area contributed by atoms with Crippen LogP contribution in [0.2, 0.25) is 0 Å². The van der Waals surface area contributed by atoms with E-state index in [1.165, 1.54) is 38.6 Å². The molecule has 0 amide bonds. The van der Waals surface area contributed by atoms with Crippen LogP contribution in [0.1, 0.15) is 39.0 Å². The molecule has 0 aromatic heterocycles. The van der Waals surface area contributed by atoms with Crippen molar-refractivity contribution in [1.29, 1.82) is 0 Å². The zero-order valence-electron chi connectivity index (χ0n) is 11.5. The highest BCUT2D eigenvalue weighted by Gasteiger charge is 2.34. The van der Waals surface area contributed by atoms with Crippen molar-refractivity contribution in [2.75, 3.05) is 33.4 Å². The van der Waals surface area contributed by atoms with Crippen molar-refractivity contribution in [3.63, 3.8) is 0 Å². The molecule has 0 aliphatic heterocycles. The summed E-state index contributed by atoms with van der Waals surface area (Å²) in [5.41, 5.74) is 0. The van der Waals surface area contributed by atoms with Gasteiger partial charge in [0.2, 0.25) is 0 Å². The Balaban J connectivity index is 1.79. The first-order valence-corrected chi connectivity index (χ1v) is 7.31. The summed E-state index contributed by atoms with van der Waals surface area (Å²) in [5.74, 6) is 0.868. The molecule has 2 saturated carbocycles. The number of rotatable bonds is 8. The van der Waals surface area contributed by atoms with E-state index in [1.807, 2.05) is 7.11 Å². The Morgan fingerprint density at radius 2 is 2.06 bits per heavy atom. The molecule has 3 heteroatoms. The fraction of sp³-hybridized carbons (Fsp3) is 1.00. The summed E-state index contributed by atoms with van der Waals surface area (Å²) < 4.78 is 5.23. The molecule has 17 heavy (non-hydrogen) atoms. The second-order valence-electron chi connectivity index (χ2n) is 5.57. The topological polar surface area (TPSA) is 24.5 Å². The highest BCUT2D eigenvalue weighted by molar-refractivity contribution is 4.90. The second-order valence-corrected chi connectivity index (χ2v) is 5.57. The van der Waals surface area contributed by atoms with Crippen LogP contribution in [0, 0.1) is 5.92 Å². The van der Waals surface area contributed by atoms with Gasteiger partial charge in [-0.1, -0.05) is 13.3 Å². The molecule has 2 aliphatic carbocycles. The average Bonchev–Trinajstić information content (AvgIpc) is 3.08. The van der Waals surface area contributed by atoms with Gasteiger partial charge in [0.15, 0.2) is 0 Å². The van der Waals surface area contributed by atoms with Gasteiger partial charge in [-0.15, -0.1) is 0 Å². The molecule has 2 unspecified atom stereocenters. The highest BCUT2D eigenvalue weighted by Crippen LogP contribution is 2.32. The Bertz CT molecular complexity index is 218. The van der Waals surface area contributed by atoms with Gasteiger partial charge >= 0.3 is 0 Å². The van der Waals surface area contributed by atoms with Gasteiger partial charge in [-0.05, 0) is 38.1 Å². The third-order valence-electron chi connectivity index (χ3n) is 4.24. The molecule has 0 heterocycles. The Hall–Kier alpha value is -0.120. The van der Waals surface area contributed by atoms with Crippen LogP contribution in [-0.2, 0) is 4.74 Å². The molecule has 0 spiro atoms. The summed E-state index contributed by atoms with van der Waals surface area (Å²) in [6.45, 7) is 6.62. The average molecular weight is 240 g/mol. The molecule has 3 nitrogen and oxygen atoms in total. The molecule has 0 aromatic carbocycles. The lowest BCUT2D eigenvalue weighted by atomic mass is 10.0. The van der Waals surface area contributed by atoms with E-state index in [4.69, 9.17) is 4.74 Å². The SMILES string of the molecule is CCNC1CCCC1CN(CCOC)C1CC1. The monoisotopic (exact) mass is 240 g/mol. The van der Waals surface area contributed by atoms with Crippen molar-refractivity contribution in [2.45, 2.75) is 51.1 Å². The zero-order valence-corrected chi connectivity index (χ0v) is 11.5. The lowest BCUT2D eigenvalue weighted by Crippen LogP contribution is -2.41. The maximum absolute atomic E-state index is 5.23. The van der Waals surface area contributed by atoms with Crippen LogP contribution < -0.4 is 5.32 Å². The van der Waals surface area contributed by atoms with Crippen molar-refractivity contribution in [3.05, 3.63) is 0 Å². The van der Waals surface area contributed by atoms with Gasteiger partial charge in [0.1, 0.15) is 0 Å². The van der Waals surface area contributed by atoms with E-state index < -0.39 is 0 Å². The standard InChI is InChI=1S/C14H28N2O/c1-3-15-14-6-4-5-12(14)11-16(9-10-17-2)13-7-8-13/h12-15H,3-11H2,1-2H3. The molecule has 2 fully saturated rings. The number of hydrogen-bond acceptors (Lipinski definition) is 3. The van der Waals surface area contributed by atoms with Crippen LogP contribution in [0.4, 0.5) is 0 Å². The molecule has 100 valence electrons. The minimum absolute atomic E-state index is 0.767. The molecule has 2 atom stereocenters. The molecular formula is C14H28N2O. The van der Waals surface area contributed by atoms with Crippen LogP contribution in [0.3, 0.4) is 0 Å². The minimum Gasteiger partial charge on any atom is -0.383 e. The van der Waals surface area contributed by atoms with E-state index in [2.05, 4.69) is 17.1 Å². The van der Waals surface area contributed by atoms with E-state index in [-0.39, 0.29) is 0 Å². The van der Waals surface area contributed by atoms with Crippen molar-refractivity contribution in [3.8, 4) is 0 Å². The smallest absolute Gasteiger partial charge is 0.0589 e. The van der Waals surface area contributed by atoms with Gasteiger partial charge in [0, 0.05) is 32.3 Å². The fourth-order valence-corrected chi connectivity index (χ4v) is 3.16. The van der Waals surface area contributed by atoms with Gasteiger partial charge in [0.25, 0.3) is 0 Å². The van der Waals surface area contributed by atoms with Crippen LogP contribution in [0.15, 0.2) is 0 Å². The number of ether oxygens (including phenoxy) is 1. The Morgan fingerprint density at radius 3 is 2.71 bits per heavy atom. The number of methoxy groups -OCH3 is 1. The number of nitrogens with zero attached hydrogens (tertiary/aromatic N) is 1. The third kappa shape index (κ3) is 3.94. The zero-order chi connectivity index (χ0) is 12.1. The highest BCUT2D eigenvalue weighted by atomic mass is 16.5. The molecule has 0 bridgehead atoms. The normalized spacial score (nSPS) is 29.1. The molecule has 0 saturated heterocycles. The van der Waals surface area contributed by atoms with E-state index >= 15 is 0 Å². The summed E-state index contributed by atoms with van der Waals surface area (Å²) in [4.78, 5) is 2.67. The van der Waals surface area contributed by atoms with Crippen LogP contribution in [0.5, 0.6) is 0 Å². The van der Waals surface area contributed by atoms with E-state index in [0.29, 0.717) is 0 Å². The summed E-state index contributed by atoms with van der Waals surface area (Å²) in [5, 5.41) is 3.66. The van der Waals surface area contributed by atoms with Crippen molar-refractivity contribution in [1.82, 2.24) is 10.2 Å². The van der Waals surface area contributed by atoms with E-state index in [1.54, 1.807) is 0 Å². The minimum atomic E-state index is 0.767. The number of nitrogens with one attached hydrogen (secondary N) is 1. The fourth-order valence-electron chi connectivity index (χ4n) is 3.16. The lowest BCUT2D eigenvalue weighted by molar-refractivity contribution is 0.128. The van der Waals surface area contributed by atoms with Crippen LogP contribution in [-0.4, -0.2) is 50.3 Å². The summed E-state index contributed by atoms with van der Waals surface area (Å²) in [6.07, 6.45) is 7.00. The van der Waals surface area contributed by atoms with Crippen LogP contribution >= 0.6 is 0 Å². The predicted molar refractivity (Wildman–Crippen MR) is 71.3 cm³/mol. The maximum atomic E-state index is 5.23. The molecule has 1 N–H and O–H groups in total. The van der Waals surface area contributed by atoms with Crippen LogP contribution in [0.25, 0.3) is 0 Å². The first kappa shape index (κ1) is 13.3. The summed E-state index contributed by atoms with van der Waals surface area (Å²) in [6, 6.07) is 1.64. The van der Waals surface area contributed by atoms with Gasteiger partial charge in [-0.2, -0.15) is 0 Å². The third-order valence-corrected chi connectivity index (χ3v) is 4.24. The maximum Gasteiger partial charge on any atom is 0.0589 e. The van der Waals surface area contributed by atoms with Gasteiger partial charge in [0.05, 0.1) is 6.61 Å². The first-order chi connectivity index (χ1) is 8.35. The van der Waals surface area contributed by atoms with E-state index in [0.717, 1.165) is 37.7 Å². The first-order valence-electron chi connectivity index (χ1n) is 7.31. The molecule has 2 rings (SSSR count). The Morgan fingerprint density at radius 1 is 1.24 bits per heavy atom. The van der Waals surface area contributed by atoms with Crippen molar-refractivity contribution >= 4 is 0 Å². The largest absolute Gasteiger partial charge is 0.383 e. The quantitative estimate of drug-likeness (QED) is 0.701. The van der Waals surface area contributed by atoms with Gasteiger partial charge in [-0.3, -0.25) is 4.90 Å².